The van der Waals surface area contributed by atoms with Crippen LogP contribution in [0.4, 0.5) is 13.2 Å². The van der Waals surface area contributed by atoms with Gasteiger partial charge < -0.3 is 0 Å². The predicted octanol–water partition coefficient (Wildman–Crippen LogP) is 5.46. The Morgan fingerprint density at radius 2 is 1.17 bits per heavy atom. The maximum Gasteiger partial charge on any atom is 0.390 e. The van der Waals surface area contributed by atoms with Crippen LogP contribution in [-0.4, -0.2) is 6.18 Å². The molecule has 0 aliphatic carbocycles. The zero-order valence-corrected chi connectivity index (χ0v) is 12.1. The molecule has 1 aromatic rings. The van der Waals surface area contributed by atoms with Crippen LogP contribution in [0, 0.1) is 34.6 Å². The molecule has 0 aromatic heterocycles. The van der Waals surface area contributed by atoms with Gasteiger partial charge >= 0.3 is 6.18 Å². The fourth-order valence-corrected chi connectivity index (χ4v) is 2.81. The topological polar surface area (TPSA) is 0 Å². The van der Waals surface area contributed by atoms with E-state index in [4.69, 9.17) is 11.6 Å². The van der Waals surface area contributed by atoms with E-state index < -0.39 is 18.0 Å². The zero-order valence-electron chi connectivity index (χ0n) is 11.3. The van der Waals surface area contributed by atoms with Gasteiger partial charge in [-0.15, -0.1) is 11.6 Å². The van der Waals surface area contributed by atoms with E-state index in [1.54, 1.807) is 0 Å². The van der Waals surface area contributed by atoms with Crippen LogP contribution in [-0.2, 0) is 0 Å². The Labute approximate surface area is 111 Å². The van der Waals surface area contributed by atoms with E-state index in [1.807, 2.05) is 34.6 Å². The molecule has 0 amide bonds. The van der Waals surface area contributed by atoms with Crippen molar-refractivity contribution in [3.8, 4) is 0 Å². The largest absolute Gasteiger partial charge is 0.390 e. The highest BCUT2D eigenvalue weighted by atomic mass is 35.5. The summed E-state index contributed by atoms with van der Waals surface area (Å²) in [5, 5.41) is -1.01. The van der Waals surface area contributed by atoms with Crippen molar-refractivity contribution in [3.05, 3.63) is 33.4 Å². The Balaban J connectivity index is 3.33. The van der Waals surface area contributed by atoms with Crippen molar-refractivity contribution in [2.75, 3.05) is 0 Å². The molecule has 4 heteroatoms. The lowest BCUT2D eigenvalue weighted by Crippen LogP contribution is -2.13. The number of rotatable bonds is 2. The van der Waals surface area contributed by atoms with Gasteiger partial charge in [0, 0.05) is 0 Å². The third kappa shape index (κ3) is 3.00. The number of benzene rings is 1. The Morgan fingerprint density at radius 1 is 0.833 bits per heavy atom. The predicted molar refractivity (Wildman–Crippen MR) is 69.4 cm³/mol. The summed E-state index contributed by atoms with van der Waals surface area (Å²) in [7, 11) is 0. The van der Waals surface area contributed by atoms with Gasteiger partial charge in [0.15, 0.2) is 0 Å². The van der Waals surface area contributed by atoms with E-state index >= 15 is 0 Å². The lowest BCUT2D eigenvalue weighted by molar-refractivity contribution is -0.134. The van der Waals surface area contributed by atoms with Crippen molar-refractivity contribution < 1.29 is 13.2 Å². The first-order valence-corrected chi connectivity index (χ1v) is 6.27. The monoisotopic (exact) mass is 278 g/mol. The SMILES string of the molecule is Cc1c(C)c(C)c(C(Cl)CC(F)(F)F)c(C)c1C. The molecule has 0 aliphatic rings. The van der Waals surface area contributed by atoms with Gasteiger partial charge in [0.2, 0.25) is 0 Å². The van der Waals surface area contributed by atoms with Crippen molar-refractivity contribution in [1.29, 1.82) is 0 Å². The first-order valence-electron chi connectivity index (χ1n) is 5.84. The van der Waals surface area contributed by atoms with Crippen molar-refractivity contribution in [2.24, 2.45) is 0 Å². The average Bonchev–Trinajstić information content (AvgIpc) is 2.21. The summed E-state index contributed by atoms with van der Waals surface area (Å²) in [4.78, 5) is 0. The normalized spacial score (nSPS) is 13.8. The Hall–Kier alpha value is -0.700. The lowest BCUT2D eigenvalue weighted by atomic mass is 9.87. The summed E-state index contributed by atoms with van der Waals surface area (Å²) in [6.07, 6.45) is -5.23. The fraction of sp³-hybridized carbons (Fsp3) is 0.571. The molecule has 0 saturated heterocycles. The molecule has 0 aliphatic heterocycles. The van der Waals surface area contributed by atoms with E-state index in [-0.39, 0.29) is 0 Å². The van der Waals surface area contributed by atoms with Gasteiger partial charge in [0.05, 0.1) is 11.8 Å². The summed E-state index contributed by atoms with van der Waals surface area (Å²) < 4.78 is 37.4. The number of halogens is 4. The van der Waals surface area contributed by atoms with Gasteiger partial charge in [0.25, 0.3) is 0 Å². The second-order valence-electron chi connectivity index (χ2n) is 4.83. The van der Waals surface area contributed by atoms with Gasteiger partial charge in [-0.2, -0.15) is 13.2 Å². The molecule has 1 atom stereocenters. The second-order valence-corrected chi connectivity index (χ2v) is 5.35. The van der Waals surface area contributed by atoms with Crippen LogP contribution in [0.3, 0.4) is 0 Å². The molecule has 0 fully saturated rings. The molecule has 18 heavy (non-hydrogen) atoms. The number of alkyl halides is 4. The van der Waals surface area contributed by atoms with Crippen LogP contribution in [0.5, 0.6) is 0 Å². The van der Waals surface area contributed by atoms with Gasteiger partial charge in [-0.1, -0.05) is 0 Å². The van der Waals surface area contributed by atoms with E-state index in [1.165, 1.54) is 0 Å². The van der Waals surface area contributed by atoms with E-state index in [2.05, 4.69) is 0 Å². The van der Waals surface area contributed by atoms with Gasteiger partial charge in [-0.25, -0.2) is 0 Å². The van der Waals surface area contributed by atoms with Crippen LogP contribution in [0.1, 0.15) is 45.2 Å². The third-order valence-corrected chi connectivity index (χ3v) is 4.15. The highest BCUT2D eigenvalue weighted by Crippen LogP contribution is 2.39. The van der Waals surface area contributed by atoms with Crippen molar-refractivity contribution >= 4 is 11.6 Å². The summed E-state index contributed by atoms with van der Waals surface area (Å²) in [5.74, 6) is 0. The quantitative estimate of drug-likeness (QED) is 0.630. The molecule has 0 N–H and O–H groups in total. The molecule has 1 rings (SSSR count). The summed E-state index contributed by atoms with van der Waals surface area (Å²) >= 11 is 5.98. The first kappa shape index (κ1) is 15.4. The smallest absolute Gasteiger partial charge is 0.171 e. The maximum absolute atomic E-state index is 12.5. The van der Waals surface area contributed by atoms with Gasteiger partial charge in [0.1, 0.15) is 0 Å². The lowest BCUT2D eigenvalue weighted by Gasteiger charge is -2.22. The minimum absolute atomic E-state index is 0.634. The summed E-state index contributed by atoms with van der Waals surface area (Å²) in [5.41, 5.74) is 5.57. The number of hydrogen-bond donors (Lipinski definition) is 0. The molecule has 0 radical (unpaired) electrons. The second kappa shape index (κ2) is 5.12. The molecule has 0 bridgehead atoms. The van der Waals surface area contributed by atoms with Crippen LogP contribution >= 0.6 is 11.6 Å². The van der Waals surface area contributed by atoms with E-state index in [0.717, 1.165) is 27.8 Å². The van der Waals surface area contributed by atoms with Crippen molar-refractivity contribution in [1.82, 2.24) is 0 Å². The van der Waals surface area contributed by atoms with E-state index in [0.29, 0.717) is 5.56 Å². The van der Waals surface area contributed by atoms with Gasteiger partial charge in [-0.3, -0.25) is 0 Å². The summed E-state index contributed by atoms with van der Waals surface area (Å²) in [6, 6.07) is 0. The molecule has 1 unspecified atom stereocenters. The third-order valence-electron chi connectivity index (χ3n) is 3.78. The number of hydrogen-bond acceptors (Lipinski definition) is 0. The molecule has 0 saturated carbocycles. The molecular weight excluding hydrogens is 261 g/mol. The van der Waals surface area contributed by atoms with Crippen LogP contribution in [0.15, 0.2) is 0 Å². The minimum atomic E-state index is -4.24. The molecule has 0 nitrogen and oxygen atoms in total. The van der Waals surface area contributed by atoms with Crippen LogP contribution < -0.4 is 0 Å². The fourth-order valence-electron chi connectivity index (χ4n) is 2.30. The zero-order chi connectivity index (χ0) is 14.2. The first-order chi connectivity index (χ1) is 8.06. The molecular formula is C14H18ClF3. The molecule has 0 heterocycles. The minimum Gasteiger partial charge on any atom is -0.171 e. The Bertz CT molecular complexity index is 432. The standard InChI is InChI=1S/C14H18ClF3/c1-7-8(2)10(4)13(11(5)9(7)3)12(15)6-14(16,17)18/h12H,6H2,1-5H3. The Kier molecular flexibility index (Phi) is 4.37. The molecule has 102 valence electrons. The molecule has 0 spiro atoms. The Morgan fingerprint density at radius 3 is 1.50 bits per heavy atom. The summed E-state index contributed by atoms with van der Waals surface area (Å²) in [6.45, 7) is 9.53. The van der Waals surface area contributed by atoms with Crippen molar-refractivity contribution in [3.63, 3.8) is 0 Å². The average molecular weight is 279 g/mol. The highest BCUT2D eigenvalue weighted by molar-refractivity contribution is 6.21. The van der Waals surface area contributed by atoms with Gasteiger partial charge in [-0.05, 0) is 68.0 Å². The molecule has 1 aromatic carbocycles. The van der Waals surface area contributed by atoms with E-state index in [9.17, 15) is 13.2 Å². The van der Waals surface area contributed by atoms with Crippen LogP contribution in [0.2, 0.25) is 0 Å². The van der Waals surface area contributed by atoms with Crippen LogP contribution in [0.25, 0.3) is 0 Å². The van der Waals surface area contributed by atoms with Crippen molar-refractivity contribution in [2.45, 2.75) is 52.6 Å². The highest BCUT2D eigenvalue weighted by Gasteiger charge is 2.33. The maximum atomic E-state index is 12.5.